The van der Waals surface area contributed by atoms with Crippen LogP contribution in [0.1, 0.15) is 141 Å². The first-order chi connectivity index (χ1) is 20.3. The zero-order chi connectivity index (χ0) is 30.0. The van der Waals surface area contributed by atoms with Gasteiger partial charge in [0.15, 0.2) is 0 Å². The second kappa shape index (κ2) is 14.6. The predicted octanol–water partition coefficient (Wildman–Crippen LogP) is 14.0. The van der Waals surface area contributed by atoms with E-state index in [-0.39, 0.29) is 11.8 Å². The van der Waals surface area contributed by atoms with E-state index in [0.717, 1.165) is 34.7 Å². The van der Waals surface area contributed by atoms with E-state index < -0.39 is 0 Å². The number of halogens is 2. The molecule has 4 aromatic rings. The van der Waals surface area contributed by atoms with Crippen LogP contribution in [0.3, 0.4) is 0 Å². The lowest BCUT2D eigenvalue weighted by atomic mass is 9.80. The third kappa shape index (κ3) is 6.95. The fraction of sp³-hybridized carbons (Fsp3) is 0.556. The smallest absolute Gasteiger partial charge is 0.0548 e. The molecule has 0 bridgehead atoms. The Bertz CT molecular complexity index is 1310. The molecule has 0 aliphatic heterocycles. The van der Waals surface area contributed by atoms with E-state index in [1.807, 2.05) is 45.3 Å². The predicted molar refractivity (Wildman–Crippen MR) is 193 cm³/mol. The van der Waals surface area contributed by atoms with Crippen molar-refractivity contribution < 1.29 is 0 Å². The van der Waals surface area contributed by atoms with Crippen LogP contribution in [0.25, 0.3) is 0 Å². The second-order valence-electron chi connectivity index (χ2n) is 12.3. The maximum atomic E-state index is 7.00. The van der Waals surface area contributed by atoms with Gasteiger partial charge in [0.2, 0.25) is 0 Å². The van der Waals surface area contributed by atoms with Crippen LogP contribution >= 0.6 is 68.5 Å². The van der Waals surface area contributed by atoms with Gasteiger partial charge < -0.3 is 0 Å². The van der Waals surface area contributed by atoms with Crippen molar-refractivity contribution in [1.82, 2.24) is 0 Å². The van der Waals surface area contributed by atoms with Gasteiger partial charge in [-0.25, -0.2) is 0 Å². The Morgan fingerprint density at radius 3 is 1.38 bits per heavy atom. The van der Waals surface area contributed by atoms with Crippen LogP contribution in [0.5, 0.6) is 0 Å². The van der Waals surface area contributed by atoms with Crippen molar-refractivity contribution in [2.75, 3.05) is 0 Å². The van der Waals surface area contributed by atoms with Gasteiger partial charge in [0.25, 0.3) is 0 Å². The lowest BCUT2D eigenvalue weighted by molar-refractivity contribution is 0.452. The third-order valence-corrected chi connectivity index (χ3v) is 14.7. The Morgan fingerprint density at radius 2 is 1.02 bits per heavy atom. The summed E-state index contributed by atoms with van der Waals surface area (Å²) in [6, 6.07) is 9.53. The van der Waals surface area contributed by atoms with E-state index >= 15 is 0 Å². The lowest BCUT2D eigenvalue weighted by Crippen LogP contribution is -2.14. The van der Waals surface area contributed by atoms with E-state index in [4.69, 9.17) is 23.2 Å². The van der Waals surface area contributed by atoms with Crippen LogP contribution in [0.15, 0.2) is 24.3 Å². The molecule has 1 aliphatic carbocycles. The fourth-order valence-corrected chi connectivity index (χ4v) is 12.6. The fourth-order valence-electron chi connectivity index (χ4n) is 6.68. The average molecular weight is 678 g/mol. The van der Waals surface area contributed by atoms with Crippen molar-refractivity contribution in [2.24, 2.45) is 11.8 Å². The summed E-state index contributed by atoms with van der Waals surface area (Å²) < 4.78 is 0. The Kier molecular flexibility index (Phi) is 11.4. The summed E-state index contributed by atoms with van der Waals surface area (Å²) in [6.45, 7) is 13.8. The van der Waals surface area contributed by atoms with Crippen LogP contribution in [0.2, 0.25) is 10.0 Å². The van der Waals surface area contributed by atoms with E-state index in [9.17, 15) is 0 Å². The molecule has 228 valence electrons. The van der Waals surface area contributed by atoms with Crippen molar-refractivity contribution in [1.29, 1.82) is 0 Å². The Morgan fingerprint density at radius 1 is 0.619 bits per heavy atom. The zero-order valence-electron chi connectivity index (χ0n) is 26.1. The summed E-state index contributed by atoms with van der Waals surface area (Å²) in [5, 5.41) is 1.94. The van der Waals surface area contributed by atoms with Crippen molar-refractivity contribution in [3.8, 4) is 0 Å². The van der Waals surface area contributed by atoms with E-state index in [1.54, 1.807) is 0 Å². The van der Waals surface area contributed by atoms with Crippen molar-refractivity contribution >= 4 is 68.5 Å². The van der Waals surface area contributed by atoms with Crippen molar-refractivity contribution in [3.05, 3.63) is 84.5 Å². The van der Waals surface area contributed by atoms with Gasteiger partial charge in [0.1, 0.15) is 0 Å². The highest BCUT2D eigenvalue weighted by atomic mass is 35.5. The minimum atomic E-state index is 0.273. The molecule has 0 radical (unpaired) electrons. The SMILES string of the molecule is CCCCC(CC)Cc1sc(C2c3cc(C)sc3C(c3cc(Cl)c(CC(CC)CCCC)s3)c3cc(C)sc32)cc1Cl. The van der Waals surface area contributed by atoms with Crippen LogP contribution in [-0.2, 0) is 12.8 Å². The number of unbranched alkanes of at least 4 members (excludes halogenated alkanes) is 2. The summed E-state index contributed by atoms with van der Waals surface area (Å²) in [7, 11) is 0. The molecule has 1 aliphatic rings. The van der Waals surface area contributed by atoms with E-state index in [0.29, 0.717) is 0 Å². The molecule has 4 heterocycles. The highest BCUT2D eigenvalue weighted by molar-refractivity contribution is 7.15. The van der Waals surface area contributed by atoms with Crippen LogP contribution in [-0.4, -0.2) is 0 Å². The largest absolute Gasteiger partial charge is 0.144 e. The van der Waals surface area contributed by atoms with Gasteiger partial charge in [-0.15, -0.1) is 45.3 Å². The molecule has 4 unspecified atom stereocenters. The maximum Gasteiger partial charge on any atom is 0.0548 e. The molecule has 0 aromatic carbocycles. The van der Waals surface area contributed by atoms with Gasteiger partial charge in [-0.05, 0) is 73.9 Å². The minimum absolute atomic E-state index is 0.273. The Labute approximate surface area is 280 Å². The molecule has 4 aromatic heterocycles. The van der Waals surface area contributed by atoms with Gasteiger partial charge in [-0.1, -0.05) is 102 Å². The van der Waals surface area contributed by atoms with Gasteiger partial charge in [-0.2, -0.15) is 0 Å². The molecule has 42 heavy (non-hydrogen) atoms. The summed E-state index contributed by atoms with van der Waals surface area (Å²) in [4.78, 5) is 11.4. The quantitative estimate of drug-likeness (QED) is 0.110. The Balaban J connectivity index is 1.52. The zero-order valence-corrected chi connectivity index (χ0v) is 30.9. The van der Waals surface area contributed by atoms with Crippen LogP contribution in [0, 0.1) is 25.7 Å². The molecule has 5 rings (SSSR count). The molecule has 0 nitrogen and oxygen atoms in total. The molecular weight excluding hydrogens is 632 g/mol. The van der Waals surface area contributed by atoms with Gasteiger partial charge in [0, 0.05) is 39.0 Å². The topological polar surface area (TPSA) is 0 Å². The van der Waals surface area contributed by atoms with Crippen LogP contribution < -0.4 is 0 Å². The van der Waals surface area contributed by atoms with Crippen LogP contribution in [0.4, 0.5) is 0 Å². The standard InChI is InChI=1S/C36H46Cl2S4/c1-7-11-13-23(9-3)17-29-27(37)19-31(41-29)33-25-15-21(5)40-36(25)34(26-16-22(6)39-35(26)33)32-20-28(38)30(42-32)18-24(10-4)14-12-8-2/h15-16,19-20,23-24,33-34H,7-14,17-18H2,1-6H3. The molecule has 6 heteroatoms. The Hall–Kier alpha value is -0.620. The number of thiophene rings is 4. The van der Waals surface area contributed by atoms with E-state index in [1.165, 1.54) is 102 Å². The highest BCUT2D eigenvalue weighted by Gasteiger charge is 2.39. The second-order valence-corrected chi connectivity index (χ2v) is 18.0. The first-order valence-electron chi connectivity index (χ1n) is 16.0. The molecular formula is C36H46Cl2S4. The third-order valence-electron chi connectivity index (χ3n) is 9.13. The normalized spacial score (nSPS) is 17.8. The summed E-state index contributed by atoms with van der Waals surface area (Å²) in [5.74, 6) is 1.98. The molecule has 0 fully saturated rings. The number of hydrogen-bond donors (Lipinski definition) is 0. The van der Waals surface area contributed by atoms with Crippen molar-refractivity contribution in [3.63, 3.8) is 0 Å². The number of rotatable bonds is 14. The molecule has 4 atom stereocenters. The summed E-state index contributed by atoms with van der Waals surface area (Å²) >= 11 is 21.9. The van der Waals surface area contributed by atoms with Crippen molar-refractivity contribution in [2.45, 2.75) is 118 Å². The number of hydrogen-bond acceptors (Lipinski definition) is 4. The summed E-state index contributed by atoms with van der Waals surface area (Å²) in [5.41, 5.74) is 2.97. The first-order valence-corrected chi connectivity index (χ1v) is 20.1. The molecule has 0 N–H and O–H groups in total. The lowest BCUT2D eigenvalue weighted by Gasteiger charge is -2.28. The molecule has 0 spiro atoms. The highest BCUT2D eigenvalue weighted by Crippen LogP contribution is 2.57. The summed E-state index contributed by atoms with van der Waals surface area (Å²) in [6.07, 6.45) is 12.4. The van der Waals surface area contributed by atoms with Gasteiger partial charge in [0.05, 0.1) is 21.9 Å². The molecule has 0 saturated carbocycles. The number of aryl methyl sites for hydroxylation is 2. The van der Waals surface area contributed by atoms with Gasteiger partial charge >= 0.3 is 0 Å². The van der Waals surface area contributed by atoms with E-state index in [2.05, 4.69) is 65.8 Å². The van der Waals surface area contributed by atoms with Gasteiger partial charge in [-0.3, -0.25) is 0 Å². The monoisotopic (exact) mass is 676 g/mol. The average Bonchev–Trinajstić information content (AvgIpc) is 3.72. The molecule has 0 amide bonds. The number of fused-ring (bicyclic) bond motifs is 2. The first kappa shape index (κ1) is 32.8. The molecule has 0 saturated heterocycles. The minimum Gasteiger partial charge on any atom is -0.144 e. The maximum absolute atomic E-state index is 7.00.